The second kappa shape index (κ2) is 8.87. The maximum Gasteiger partial charge on any atom is 0.319 e. The lowest BCUT2D eigenvalue weighted by Crippen LogP contribution is -2.40. The third kappa shape index (κ3) is 5.84. The first-order valence-corrected chi connectivity index (χ1v) is 8.23. The Bertz CT molecular complexity index is 401. The van der Waals surface area contributed by atoms with Crippen LogP contribution in [-0.2, 0) is 0 Å². The second-order valence-corrected chi connectivity index (χ2v) is 5.95. The van der Waals surface area contributed by atoms with Gasteiger partial charge in [0, 0.05) is 24.1 Å². The van der Waals surface area contributed by atoms with E-state index in [1.54, 1.807) is 11.8 Å². The van der Waals surface area contributed by atoms with Crippen LogP contribution in [0.2, 0.25) is 0 Å². The Balaban J connectivity index is 2.52. The molecule has 2 amide bonds. The molecular weight excluding hydrogens is 272 g/mol. The van der Waals surface area contributed by atoms with Crippen molar-refractivity contribution in [3.63, 3.8) is 0 Å². The van der Waals surface area contributed by atoms with E-state index in [-0.39, 0.29) is 18.7 Å². The van der Waals surface area contributed by atoms with Gasteiger partial charge in [0.1, 0.15) is 0 Å². The van der Waals surface area contributed by atoms with Crippen LogP contribution in [0.25, 0.3) is 0 Å². The molecule has 0 fully saturated rings. The Morgan fingerprint density at radius 3 is 2.45 bits per heavy atom. The number of anilines is 1. The highest BCUT2D eigenvalue weighted by molar-refractivity contribution is 7.98. The van der Waals surface area contributed by atoms with Crippen molar-refractivity contribution in [2.45, 2.75) is 32.2 Å². The molecule has 0 unspecified atom stereocenters. The van der Waals surface area contributed by atoms with E-state index in [4.69, 9.17) is 5.11 Å². The number of urea groups is 1. The third-order valence-electron chi connectivity index (χ3n) is 3.02. The second-order valence-electron chi connectivity index (χ2n) is 5.04. The smallest absolute Gasteiger partial charge is 0.319 e. The van der Waals surface area contributed by atoms with Crippen molar-refractivity contribution in [2.24, 2.45) is 0 Å². The van der Waals surface area contributed by atoms with Crippen LogP contribution in [0.1, 0.15) is 31.7 Å². The molecule has 0 heterocycles. The molecule has 0 aromatic heterocycles. The normalized spacial score (nSPS) is 12.2. The molecule has 1 rings (SSSR count). The number of amides is 2. The van der Waals surface area contributed by atoms with E-state index in [9.17, 15) is 4.79 Å². The predicted molar refractivity (Wildman–Crippen MR) is 86.6 cm³/mol. The SMILES string of the molecule is CSC[C@@H](CCO)NC(=O)Nc1ccc(C(C)C)cc1. The van der Waals surface area contributed by atoms with E-state index in [1.165, 1.54) is 5.56 Å². The van der Waals surface area contributed by atoms with Crippen LogP contribution in [0.4, 0.5) is 10.5 Å². The number of carbonyl (C=O) groups is 1. The van der Waals surface area contributed by atoms with Gasteiger partial charge in [-0.1, -0.05) is 26.0 Å². The number of nitrogens with one attached hydrogen (secondary N) is 2. The van der Waals surface area contributed by atoms with Gasteiger partial charge in [-0.15, -0.1) is 0 Å². The van der Waals surface area contributed by atoms with E-state index < -0.39 is 0 Å². The number of carbonyl (C=O) groups excluding carboxylic acids is 1. The quantitative estimate of drug-likeness (QED) is 0.725. The van der Waals surface area contributed by atoms with Gasteiger partial charge in [-0.3, -0.25) is 0 Å². The molecule has 112 valence electrons. The molecule has 3 N–H and O–H groups in total. The van der Waals surface area contributed by atoms with Gasteiger partial charge in [-0.2, -0.15) is 11.8 Å². The molecule has 20 heavy (non-hydrogen) atoms. The fourth-order valence-electron chi connectivity index (χ4n) is 1.86. The Kier molecular flexibility index (Phi) is 7.47. The first-order chi connectivity index (χ1) is 9.56. The third-order valence-corrected chi connectivity index (χ3v) is 3.75. The summed E-state index contributed by atoms with van der Waals surface area (Å²) in [6, 6.07) is 7.62. The Morgan fingerprint density at radius 1 is 1.30 bits per heavy atom. The van der Waals surface area contributed by atoms with Crippen LogP contribution < -0.4 is 10.6 Å². The summed E-state index contributed by atoms with van der Waals surface area (Å²) in [7, 11) is 0. The molecule has 5 heteroatoms. The molecule has 1 aromatic carbocycles. The van der Waals surface area contributed by atoms with Crippen LogP contribution in [0.15, 0.2) is 24.3 Å². The molecule has 0 bridgehead atoms. The molecule has 1 atom stereocenters. The maximum absolute atomic E-state index is 11.9. The molecule has 0 spiro atoms. The summed E-state index contributed by atoms with van der Waals surface area (Å²) < 4.78 is 0. The van der Waals surface area contributed by atoms with Crippen molar-refractivity contribution < 1.29 is 9.90 Å². The van der Waals surface area contributed by atoms with Crippen molar-refractivity contribution >= 4 is 23.5 Å². The highest BCUT2D eigenvalue weighted by Gasteiger charge is 2.11. The van der Waals surface area contributed by atoms with E-state index >= 15 is 0 Å². The van der Waals surface area contributed by atoms with Crippen molar-refractivity contribution in [2.75, 3.05) is 23.9 Å². The highest BCUT2D eigenvalue weighted by atomic mass is 32.2. The monoisotopic (exact) mass is 296 g/mol. The number of benzene rings is 1. The summed E-state index contributed by atoms with van der Waals surface area (Å²) in [6.45, 7) is 4.35. The van der Waals surface area contributed by atoms with Crippen LogP contribution in [0.5, 0.6) is 0 Å². The fraction of sp³-hybridized carbons (Fsp3) is 0.533. The van der Waals surface area contributed by atoms with Crippen LogP contribution in [0.3, 0.4) is 0 Å². The average Bonchev–Trinajstić information content (AvgIpc) is 2.39. The molecular formula is C15H24N2O2S. The van der Waals surface area contributed by atoms with Gasteiger partial charge in [0.25, 0.3) is 0 Å². The molecule has 0 aliphatic heterocycles. The summed E-state index contributed by atoms with van der Waals surface area (Å²) in [5.74, 6) is 1.27. The van der Waals surface area contributed by atoms with E-state index in [0.29, 0.717) is 12.3 Å². The Morgan fingerprint density at radius 2 is 1.95 bits per heavy atom. The number of hydrogen-bond acceptors (Lipinski definition) is 3. The standard InChI is InChI=1S/C15H24N2O2S/c1-11(2)12-4-6-13(7-5-12)16-15(19)17-14(8-9-18)10-20-3/h4-7,11,14,18H,8-10H2,1-3H3,(H2,16,17,19)/t14-/m1/s1. The van der Waals surface area contributed by atoms with Crippen LogP contribution in [0, 0.1) is 0 Å². The zero-order valence-electron chi connectivity index (χ0n) is 12.3. The van der Waals surface area contributed by atoms with Crippen LogP contribution in [-0.4, -0.2) is 35.8 Å². The van der Waals surface area contributed by atoms with Gasteiger partial charge in [0.05, 0.1) is 0 Å². The van der Waals surface area contributed by atoms with E-state index in [1.807, 2.05) is 30.5 Å². The molecule has 0 saturated heterocycles. The topological polar surface area (TPSA) is 61.4 Å². The zero-order valence-corrected chi connectivity index (χ0v) is 13.2. The average molecular weight is 296 g/mol. The van der Waals surface area contributed by atoms with Crippen molar-refractivity contribution in [1.82, 2.24) is 5.32 Å². The van der Waals surface area contributed by atoms with E-state index in [2.05, 4.69) is 24.5 Å². The lowest BCUT2D eigenvalue weighted by atomic mass is 10.0. The Labute approximate surface area is 125 Å². The van der Waals surface area contributed by atoms with Gasteiger partial charge in [-0.25, -0.2) is 4.79 Å². The minimum absolute atomic E-state index is 0.00932. The number of hydrogen-bond donors (Lipinski definition) is 3. The first-order valence-electron chi connectivity index (χ1n) is 6.84. The summed E-state index contributed by atoms with van der Waals surface area (Å²) >= 11 is 1.65. The summed E-state index contributed by atoms with van der Waals surface area (Å²) in [6.07, 6.45) is 2.55. The predicted octanol–water partition coefficient (Wildman–Crippen LogP) is 3.05. The van der Waals surface area contributed by atoms with Gasteiger partial charge in [0.15, 0.2) is 0 Å². The molecule has 0 aliphatic carbocycles. The number of rotatable bonds is 7. The molecule has 0 saturated carbocycles. The van der Waals surface area contributed by atoms with Crippen LogP contribution >= 0.6 is 11.8 Å². The van der Waals surface area contributed by atoms with Gasteiger partial charge < -0.3 is 15.7 Å². The largest absolute Gasteiger partial charge is 0.396 e. The zero-order chi connectivity index (χ0) is 15.0. The minimum Gasteiger partial charge on any atom is -0.396 e. The molecule has 0 aliphatic rings. The van der Waals surface area contributed by atoms with Crippen molar-refractivity contribution in [1.29, 1.82) is 0 Å². The number of thioether (sulfide) groups is 1. The number of aliphatic hydroxyl groups is 1. The first kappa shape index (κ1) is 16.9. The Hall–Kier alpha value is -1.20. The lowest BCUT2D eigenvalue weighted by molar-refractivity contribution is 0.241. The van der Waals surface area contributed by atoms with Gasteiger partial charge >= 0.3 is 6.03 Å². The molecule has 0 radical (unpaired) electrons. The minimum atomic E-state index is -0.227. The summed E-state index contributed by atoms with van der Waals surface area (Å²) in [5, 5.41) is 14.7. The fourth-order valence-corrected chi connectivity index (χ4v) is 2.51. The molecule has 4 nitrogen and oxygen atoms in total. The summed E-state index contributed by atoms with van der Waals surface area (Å²) in [4.78, 5) is 11.9. The van der Waals surface area contributed by atoms with Crippen molar-refractivity contribution in [3.8, 4) is 0 Å². The van der Waals surface area contributed by atoms with Gasteiger partial charge in [0.2, 0.25) is 0 Å². The van der Waals surface area contributed by atoms with Gasteiger partial charge in [-0.05, 0) is 36.3 Å². The van der Waals surface area contributed by atoms with E-state index in [0.717, 1.165) is 11.4 Å². The maximum atomic E-state index is 11.9. The summed E-state index contributed by atoms with van der Waals surface area (Å²) in [5.41, 5.74) is 2.02. The lowest BCUT2D eigenvalue weighted by Gasteiger charge is -2.17. The number of aliphatic hydroxyl groups excluding tert-OH is 1. The van der Waals surface area contributed by atoms with Crippen molar-refractivity contribution in [3.05, 3.63) is 29.8 Å². The molecule has 1 aromatic rings. The highest BCUT2D eigenvalue weighted by Crippen LogP contribution is 2.17.